The zero-order valence-electron chi connectivity index (χ0n) is 8.57. The second-order valence-electron chi connectivity index (χ2n) is 3.46. The summed E-state index contributed by atoms with van der Waals surface area (Å²) < 4.78 is 24.1. The zero-order valence-corrected chi connectivity index (χ0v) is 8.57. The van der Waals surface area contributed by atoms with Crippen molar-refractivity contribution in [1.29, 1.82) is 0 Å². The first-order valence-corrected chi connectivity index (χ1v) is 4.84. The number of aliphatic carboxylic acids is 1. The van der Waals surface area contributed by atoms with Crippen LogP contribution in [0, 0.1) is 0 Å². The van der Waals surface area contributed by atoms with Crippen LogP contribution in [0.15, 0.2) is 24.3 Å². The van der Waals surface area contributed by atoms with Crippen LogP contribution in [-0.2, 0) is 11.2 Å². The van der Waals surface area contributed by atoms with Gasteiger partial charge >= 0.3 is 5.97 Å². The Balaban J connectivity index is 2.81. The molecule has 1 atom stereocenters. The number of halogens is 2. The normalized spacial score (nSPS) is 12.8. The van der Waals surface area contributed by atoms with E-state index in [0.29, 0.717) is 11.1 Å². The maximum atomic E-state index is 12.1. The summed E-state index contributed by atoms with van der Waals surface area (Å²) in [7, 11) is 0. The predicted molar refractivity (Wildman–Crippen MR) is 55.6 cm³/mol. The number of hydrogen-bond acceptors (Lipinski definition) is 2. The quantitative estimate of drug-likeness (QED) is 0.806. The first-order valence-electron chi connectivity index (χ1n) is 4.84. The van der Waals surface area contributed by atoms with Crippen LogP contribution in [0.1, 0.15) is 17.0 Å². The van der Waals surface area contributed by atoms with Crippen molar-refractivity contribution < 1.29 is 18.7 Å². The van der Waals surface area contributed by atoms with Crippen molar-refractivity contribution in [3.63, 3.8) is 0 Å². The maximum Gasteiger partial charge on any atom is 0.312 e. The molecular formula is C11H13F2NO2. The Labute approximate surface area is 91.9 Å². The number of benzene rings is 1. The molecule has 0 aromatic heterocycles. The van der Waals surface area contributed by atoms with Crippen LogP contribution in [0.4, 0.5) is 8.78 Å². The monoisotopic (exact) mass is 229 g/mol. The van der Waals surface area contributed by atoms with E-state index >= 15 is 0 Å². The van der Waals surface area contributed by atoms with Gasteiger partial charge < -0.3 is 10.8 Å². The Morgan fingerprint density at radius 3 is 2.25 bits per heavy atom. The highest BCUT2D eigenvalue weighted by Crippen LogP contribution is 2.17. The predicted octanol–water partition coefficient (Wildman–Crippen LogP) is 1.62. The maximum absolute atomic E-state index is 12.1. The average molecular weight is 229 g/mol. The van der Waals surface area contributed by atoms with E-state index in [1.165, 1.54) is 24.3 Å². The van der Waals surface area contributed by atoms with Gasteiger partial charge in [-0.3, -0.25) is 4.79 Å². The fourth-order valence-electron chi connectivity index (χ4n) is 1.44. The molecule has 5 heteroatoms. The molecule has 0 aliphatic rings. The molecule has 0 aliphatic heterocycles. The molecule has 0 bridgehead atoms. The van der Waals surface area contributed by atoms with Crippen LogP contribution in [0.25, 0.3) is 0 Å². The summed E-state index contributed by atoms with van der Waals surface area (Å²) in [5, 5.41) is 8.84. The summed E-state index contributed by atoms with van der Waals surface area (Å²) in [6.07, 6.45) is -2.71. The molecule has 88 valence electrons. The van der Waals surface area contributed by atoms with Gasteiger partial charge in [0.1, 0.15) is 0 Å². The van der Waals surface area contributed by atoms with Gasteiger partial charge in [-0.2, -0.15) is 0 Å². The standard InChI is InChI=1S/C11H13F2NO2/c12-10(13)5-7-1-3-8(4-2-7)9(6-14)11(15)16/h1-4,9-10H,5-6,14H2,(H,15,16). The summed E-state index contributed by atoms with van der Waals surface area (Å²) in [5.41, 5.74) is 6.34. The Bertz CT molecular complexity index is 352. The Morgan fingerprint density at radius 1 is 1.31 bits per heavy atom. The number of hydrogen-bond donors (Lipinski definition) is 2. The minimum absolute atomic E-state index is 0.0104. The van der Waals surface area contributed by atoms with Gasteiger partial charge in [-0.25, -0.2) is 8.78 Å². The molecule has 3 N–H and O–H groups in total. The molecule has 1 aromatic rings. The first-order chi connectivity index (χ1) is 7.54. The van der Waals surface area contributed by atoms with Gasteiger partial charge in [-0.1, -0.05) is 24.3 Å². The highest BCUT2D eigenvalue weighted by Gasteiger charge is 2.17. The largest absolute Gasteiger partial charge is 0.481 e. The highest BCUT2D eigenvalue weighted by molar-refractivity contribution is 5.76. The second-order valence-corrected chi connectivity index (χ2v) is 3.46. The Kier molecular flexibility index (Phi) is 4.37. The van der Waals surface area contributed by atoms with Crippen molar-refractivity contribution in [3.05, 3.63) is 35.4 Å². The molecule has 0 heterocycles. The summed E-state index contributed by atoms with van der Waals surface area (Å²) in [6, 6.07) is 6.08. The lowest BCUT2D eigenvalue weighted by molar-refractivity contribution is -0.138. The molecule has 1 aromatic carbocycles. The zero-order chi connectivity index (χ0) is 12.1. The topological polar surface area (TPSA) is 63.3 Å². The molecule has 0 spiro atoms. The van der Waals surface area contributed by atoms with E-state index in [0.717, 1.165) is 0 Å². The van der Waals surface area contributed by atoms with Gasteiger partial charge in [0.15, 0.2) is 0 Å². The van der Waals surface area contributed by atoms with Crippen molar-refractivity contribution in [3.8, 4) is 0 Å². The van der Waals surface area contributed by atoms with Gasteiger partial charge in [0.2, 0.25) is 6.43 Å². The molecule has 0 saturated heterocycles. The van der Waals surface area contributed by atoms with E-state index in [2.05, 4.69) is 0 Å². The van der Waals surface area contributed by atoms with Crippen LogP contribution < -0.4 is 5.73 Å². The van der Waals surface area contributed by atoms with Crippen molar-refractivity contribution in [2.45, 2.75) is 18.8 Å². The fraction of sp³-hybridized carbons (Fsp3) is 0.364. The van der Waals surface area contributed by atoms with Crippen molar-refractivity contribution in [2.75, 3.05) is 6.54 Å². The van der Waals surface area contributed by atoms with Crippen molar-refractivity contribution in [2.24, 2.45) is 5.73 Å². The van der Waals surface area contributed by atoms with E-state index in [4.69, 9.17) is 10.8 Å². The number of rotatable bonds is 5. The van der Waals surface area contributed by atoms with Crippen molar-refractivity contribution in [1.82, 2.24) is 0 Å². The lowest BCUT2D eigenvalue weighted by Crippen LogP contribution is -2.21. The number of alkyl halides is 2. The van der Waals surface area contributed by atoms with Gasteiger partial charge in [0, 0.05) is 13.0 Å². The van der Waals surface area contributed by atoms with Gasteiger partial charge in [-0.15, -0.1) is 0 Å². The fourth-order valence-corrected chi connectivity index (χ4v) is 1.44. The molecule has 0 radical (unpaired) electrons. The Morgan fingerprint density at radius 2 is 1.88 bits per heavy atom. The molecule has 1 unspecified atom stereocenters. The van der Waals surface area contributed by atoms with Crippen LogP contribution >= 0.6 is 0 Å². The highest BCUT2D eigenvalue weighted by atomic mass is 19.3. The van der Waals surface area contributed by atoms with E-state index in [1.807, 2.05) is 0 Å². The number of carboxylic acid groups (broad SMARTS) is 1. The van der Waals surface area contributed by atoms with Gasteiger partial charge in [0.25, 0.3) is 0 Å². The van der Waals surface area contributed by atoms with E-state index < -0.39 is 18.3 Å². The molecule has 0 saturated carbocycles. The van der Waals surface area contributed by atoms with Crippen LogP contribution in [0.2, 0.25) is 0 Å². The van der Waals surface area contributed by atoms with Gasteiger partial charge in [0.05, 0.1) is 5.92 Å². The molecule has 0 fully saturated rings. The van der Waals surface area contributed by atoms with E-state index in [-0.39, 0.29) is 13.0 Å². The molecule has 16 heavy (non-hydrogen) atoms. The third-order valence-corrected chi connectivity index (χ3v) is 2.31. The van der Waals surface area contributed by atoms with E-state index in [1.54, 1.807) is 0 Å². The van der Waals surface area contributed by atoms with E-state index in [9.17, 15) is 13.6 Å². The lowest BCUT2D eigenvalue weighted by Gasteiger charge is -2.10. The number of carboxylic acids is 1. The molecular weight excluding hydrogens is 216 g/mol. The van der Waals surface area contributed by atoms with Crippen molar-refractivity contribution >= 4 is 5.97 Å². The average Bonchev–Trinajstić information content (AvgIpc) is 2.20. The molecule has 0 amide bonds. The minimum atomic E-state index is -2.39. The summed E-state index contributed by atoms with van der Waals surface area (Å²) in [6.45, 7) is -0.0104. The SMILES string of the molecule is NCC(C(=O)O)c1ccc(CC(F)F)cc1. The van der Waals surface area contributed by atoms with Crippen LogP contribution in [0.5, 0.6) is 0 Å². The second kappa shape index (κ2) is 5.55. The summed E-state index contributed by atoms with van der Waals surface area (Å²) in [4.78, 5) is 10.8. The minimum Gasteiger partial charge on any atom is -0.481 e. The summed E-state index contributed by atoms with van der Waals surface area (Å²) in [5.74, 6) is -1.79. The third kappa shape index (κ3) is 3.27. The summed E-state index contributed by atoms with van der Waals surface area (Å²) >= 11 is 0. The van der Waals surface area contributed by atoms with Crippen LogP contribution in [0.3, 0.4) is 0 Å². The first kappa shape index (κ1) is 12.6. The Hall–Kier alpha value is -1.49. The molecule has 1 rings (SSSR count). The lowest BCUT2D eigenvalue weighted by atomic mass is 9.98. The van der Waals surface area contributed by atoms with Crippen LogP contribution in [-0.4, -0.2) is 24.0 Å². The number of nitrogens with two attached hydrogens (primary N) is 1. The third-order valence-electron chi connectivity index (χ3n) is 2.31. The number of carbonyl (C=O) groups is 1. The molecule has 3 nitrogen and oxygen atoms in total. The molecule has 0 aliphatic carbocycles. The van der Waals surface area contributed by atoms with Gasteiger partial charge in [-0.05, 0) is 11.1 Å². The smallest absolute Gasteiger partial charge is 0.312 e.